The van der Waals surface area contributed by atoms with Gasteiger partial charge in [0.25, 0.3) is 5.91 Å². The number of amides is 1. The molecule has 6 heteroatoms. The number of nitrogens with one attached hydrogen (secondary N) is 2. The van der Waals surface area contributed by atoms with Gasteiger partial charge in [-0.1, -0.05) is 24.3 Å². The maximum atomic E-state index is 11.5. The van der Waals surface area contributed by atoms with Crippen LogP contribution in [0.4, 0.5) is 0 Å². The number of fused-ring (bicyclic) bond motifs is 1. The molecule has 3 rings (SSSR count). The van der Waals surface area contributed by atoms with E-state index in [9.17, 15) is 4.79 Å². The molecular formula is C20H24N2O4. The number of carbonyl (C=O) groups excluding carboxylic acids is 1. The highest BCUT2D eigenvalue weighted by atomic mass is 16.5. The summed E-state index contributed by atoms with van der Waals surface area (Å²) in [7, 11) is 1.59. The lowest BCUT2D eigenvalue weighted by Gasteiger charge is -2.14. The van der Waals surface area contributed by atoms with Crippen molar-refractivity contribution in [2.45, 2.75) is 19.5 Å². The molecule has 1 heterocycles. The van der Waals surface area contributed by atoms with E-state index in [0.717, 1.165) is 11.3 Å². The number of hydrogen-bond donors (Lipinski definition) is 2. The fourth-order valence-corrected chi connectivity index (χ4v) is 2.91. The van der Waals surface area contributed by atoms with Gasteiger partial charge in [-0.05, 0) is 30.7 Å². The van der Waals surface area contributed by atoms with Crippen LogP contribution in [0.3, 0.4) is 0 Å². The Morgan fingerprint density at radius 3 is 2.88 bits per heavy atom. The first-order valence-electron chi connectivity index (χ1n) is 8.72. The first kappa shape index (κ1) is 18.1. The topological polar surface area (TPSA) is 68.8 Å². The van der Waals surface area contributed by atoms with Crippen molar-refractivity contribution in [1.82, 2.24) is 10.6 Å². The Kier molecular flexibility index (Phi) is 5.96. The van der Waals surface area contributed by atoms with E-state index in [2.05, 4.69) is 16.7 Å². The number of rotatable bonds is 8. The van der Waals surface area contributed by atoms with Crippen molar-refractivity contribution in [3.05, 3.63) is 53.6 Å². The smallest absolute Gasteiger partial charge is 0.257 e. The van der Waals surface area contributed by atoms with Crippen LogP contribution in [0.25, 0.3) is 0 Å². The molecule has 26 heavy (non-hydrogen) atoms. The number of hydrogen-bond acceptors (Lipinski definition) is 5. The molecule has 0 fully saturated rings. The Balaban J connectivity index is 1.60. The van der Waals surface area contributed by atoms with Crippen LogP contribution < -0.4 is 24.8 Å². The summed E-state index contributed by atoms with van der Waals surface area (Å²) in [5.41, 5.74) is 2.25. The highest BCUT2D eigenvalue weighted by Gasteiger charge is 2.22. The number of methoxy groups -OCH3 is 1. The van der Waals surface area contributed by atoms with E-state index in [1.54, 1.807) is 7.11 Å². The van der Waals surface area contributed by atoms with E-state index >= 15 is 0 Å². The molecule has 0 aromatic heterocycles. The molecule has 1 aliphatic heterocycles. The Bertz CT molecular complexity index is 763. The van der Waals surface area contributed by atoms with Gasteiger partial charge in [-0.2, -0.15) is 0 Å². The Morgan fingerprint density at radius 1 is 1.23 bits per heavy atom. The minimum atomic E-state index is -0.153. The number of carbonyl (C=O) groups is 1. The van der Waals surface area contributed by atoms with Gasteiger partial charge < -0.3 is 24.8 Å². The fraction of sp³-hybridized carbons (Fsp3) is 0.350. The van der Waals surface area contributed by atoms with Crippen molar-refractivity contribution < 1.29 is 19.0 Å². The molecule has 0 radical (unpaired) electrons. The zero-order valence-electron chi connectivity index (χ0n) is 15.1. The SMILES string of the molecule is CCNC(=O)COc1ccc(CNC2COc3ccccc32)cc1OC. The van der Waals surface area contributed by atoms with Crippen LogP contribution in [0.1, 0.15) is 24.1 Å². The summed E-state index contributed by atoms with van der Waals surface area (Å²) in [6, 6.07) is 13.9. The predicted molar refractivity (Wildman–Crippen MR) is 98.7 cm³/mol. The lowest BCUT2D eigenvalue weighted by atomic mass is 10.1. The molecule has 0 bridgehead atoms. The summed E-state index contributed by atoms with van der Waals surface area (Å²) in [6.07, 6.45) is 0. The van der Waals surface area contributed by atoms with Crippen LogP contribution in [-0.2, 0) is 11.3 Å². The second-order valence-electron chi connectivity index (χ2n) is 6.01. The number of benzene rings is 2. The van der Waals surface area contributed by atoms with Crippen LogP contribution >= 0.6 is 0 Å². The lowest BCUT2D eigenvalue weighted by molar-refractivity contribution is -0.123. The number of ether oxygens (including phenoxy) is 3. The molecular weight excluding hydrogens is 332 g/mol. The lowest BCUT2D eigenvalue weighted by Crippen LogP contribution is -2.28. The van der Waals surface area contributed by atoms with Gasteiger partial charge in [0.15, 0.2) is 18.1 Å². The molecule has 1 aliphatic rings. The molecule has 1 amide bonds. The third-order valence-electron chi connectivity index (χ3n) is 4.21. The van der Waals surface area contributed by atoms with Crippen LogP contribution in [-0.4, -0.2) is 32.8 Å². The average molecular weight is 356 g/mol. The van der Waals surface area contributed by atoms with Gasteiger partial charge in [0, 0.05) is 18.7 Å². The normalized spacial score (nSPS) is 15.1. The van der Waals surface area contributed by atoms with Crippen molar-refractivity contribution in [2.24, 2.45) is 0 Å². The van der Waals surface area contributed by atoms with E-state index < -0.39 is 0 Å². The number of likely N-dealkylation sites (N-methyl/N-ethyl adjacent to an activating group) is 1. The molecule has 138 valence electrons. The van der Waals surface area contributed by atoms with Crippen LogP contribution in [0.2, 0.25) is 0 Å². The van der Waals surface area contributed by atoms with Gasteiger partial charge in [0.2, 0.25) is 0 Å². The fourth-order valence-electron chi connectivity index (χ4n) is 2.91. The van der Waals surface area contributed by atoms with E-state index in [0.29, 0.717) is 31.2 Å². The van der Waals surface area contributed by atoms with E-state index in [1.165, 1.54) is 5.56 Å². The van der Waals surface area contributed by atoms with Crippen molar-refractivity contribution in [3.63, 3.8) is 0 Å². The Labute approximate surface area is 153 Å². The van der Waals surface area contributed by atoms with Gasteiger partial charge in [-0.3, -0.25) is 4.79 Å². The van der Waals surface area contributed by atoms with E-state index in [4.69, 9.17) is 14.2 Å². The molecule has 2 aromatic carbocycles. The van der Waals surface area contributed by atoms with E-state index in [-0.39, 0.29) is 18.6 Å². The van der Waals surface area contributed by atoms with E-state index in [1.807, 2.05) is 43.3 Å². The summed E-state index contributed by atoms with van der Waals surface area (Å²) in [5, 5.41) is 6.20. The summed E-state index contributed by atoms with van der Waals surface area (Å²) >= 11 is 0. The zero-order chi connectivity index (χ0) is 18.4. The second-order valence-corrected chi connectivity index (χ2v) is 6.01. The third kappa shape index (κ3) is 4.26. The minimum absolute atomic E-state index is 0.0298. The summed E-state index contributed by atoms with van der Waals surface area (Å²) in [6.45, 7) is 3.73. The van der Waals surface area contributed by atoms with Crippen molar-refractivity contribution in [3.8, 4) is 17.2 Å². The molecule has 1 atom stereocenters. The molecule has 2 aromatic rings. The van der Waals surface area contributed by atoms with Crippen LogP contribution in [0.5, 0.6) is 17.2 Å². The quantitative estimate of drug-likeness (QED) is 0.760. The highest BCUT2D eigenvalue weighted by molar-refractivity contribution is 5.77. The Morgan fingerprint density at radius 2 is 2.08 bits per heavy atom. The average Bonchev–Trinajstić information content (AvgIpc) is 3.08. The monoisotopic (exact) mass is 356 g/mol. The standard InChI is InChI=1S/C20H24N2O4/c1-3-21-20(23)13-26-18-9-8-14(10-19(18)24-2)11-22-16-12-25-17-7-5-4-6-15(16)17/h4-10,16,22H,3,11-13H2,1-2H3,(H,21,23). The van der Waals surface area contributed by atoms with Crippen LogP contribution in [0, 0.1) is 0 Å². The van der Waals surface area contributed by atoms with Gasteiger partial charge in [0.05, 0.1) is 13.2 Å². The Hall–Kier alpha value is -2.73. The van der Waals surface area contributed by atoms with Crippen molar-refractivity contribution in [1.29, 1.82) is 0 Å². The summed E-state index contributed by atoms with van der Waals surface area (Å²) in [4.78, 5) is 11.5. The van der Waals surface area contributed by atoms with Gasteiger partial charge in [-0.15, -0.1) is 0 Å². The van der Waals surface area contributed by atoms with Crippen molar-refractivity contribution >= 4 is 5.91 Å². The molecule has 0 aliphatic carbocycles. The maximum Gasteiger partial charge on any atom is 0.257 e. The summed E-state index contributed by atoms with van der Waals surface area (Å²) in [5.74, 6) is 1.95. The third-order valence-corrected chi connectivity index (χ3v) is 4.21. The van der Waals surface area contributed by atoms with Crippen molar-refractivity contribution in [2.75, 3.05) is 26.9 Å². The molecule has 2 N–H and O–H groups in total. The number of para-hydroxylation sites is 1. The maximum absolute atomic E-state index is 11.5. The first-order valence-corrected chi connectivity index (χ1v) is 8.72. The van der Waals surface area contributed by atoms with Gasteiger partial charge in [-0.25, -0.2) is 0 Å². The highest BCUT2D eigenvalue weighted by Crippen LogP contribution is 2.32. The molecule has 1 unspecified atom stereocenters. The second kappa shape index (κ2) is 8.58. The summed E-state index contributed by atoms with van der Waals surface area (Å²) < 4.78 is 16.6. The van der Waals surface area contributed by atoms with Gasteiger partial charge in [0.1, 0.15) is 12.4 Å². The predicted octanol–water partition coefficient (Wildman–Crippen LogP) is 2.43. The first-order chi connectivity index (χ1) is 12.7. The zero-order valence-corrected chi connectivity index (χ0v) is 15.1. The molecule has 0 saturated heterocycles. The van der Waals surface area contributed by atoms with Crippen LogP contribution in [0.15, 0.2) is 42.5 Å². The molecule has 0 spiro atoms. The molecule has 6 nitrogen and oxygen atoms in total. The largest absolute Gasteiger partial charge is 0.493 e. The molecule has 0 saturated carbocycles. The minimum Gasteiger partial charge on any atom is -0.493 e. The van der Waals surface area contributed by atoms with Gasteiger partial charge >= 0.3 is 0 Å².